The van der Waals surface area contributed by atoms with Gasteiger partial charge in [0.2, 0.25) is 0 Å². The smallest absolute Gasteiger partial charge is 0.0587 e. The van der Waals surface area contributed by atoms with Crippen molar-refractivity contribution in [1.82, 2.24) is 5.32 Å². The number of aliphatic hydroxyl groups excluding tert-OH is 1. The van der Waals surface area contributed by atoms with E-state index in [1.54, 1.807) is 0 Å². The van der Waals surface area contributed by atoms with E-state index in [0.717, 1.165) is 23.8 Å². The fraction of sp³-hybridized carbons (Fsp3) is 1.00. The summed E-state index contributed by atoms with van der Waals surface area (Å²) in [5.41, 5.74) is 0.769. The summed E-state index contributed by atoms with van der Waals surface area (Å²) < 4.78 is 0. The summed E-state index contributed by atoms with van der Waals surface area (Å²) in [4.78, 5) is 0. The first kappa shape index (κ1) is 7.34. The van der Waals surface area contributed by atoms with Crippen LogP contribution in [0.2, 0.25) is 0 Å². The van der Waals surface area contributed by atoms with Crippen LogP contribution in [-0.4, -0.2) is 24.3 Å². The summed E-state index contributed by atoms with van der Waals surface area (Å²) in [5, 5.41) is 12.6. The highest BCUT2D eigenvalue weighted by atomic mass is 16.3. The van der Waals surface area contributed by atoms with Crippen LogP contribution < -0.4 is 5.32 Å². The molecule has 2 aliphatic carbocycles. The fourth-order valence-electron chi connectivity index (χ4n) is 3.39. The van der Waals surface area contributed by atoms with Crippen molar-refractivity contribution in [3.05, 3.63) is 0 Å². The summed E-state index contributed by atoms with van der Waals surface area (Å²) >= 11 is 0. The topological polar surface area (TPSA) is 32.3 Å². The Morgan fingerprint density at radius 1 is 1.33 bits per heavy atom. The van der Waals surface area contributed by atoms with Crippen molar-refractivity contribution in [2.24, 2.45) is 17.3 Å². The van der Waals surface area contributed by atoms with Gasteiger partial charge in [-0.2, -0.15) is 0 Å². The van der Waals surface area contributed by atoms with Crippen LogP contribution in [0.4, 0.5) is 0 Å². The first-order valence-corrected chi connectivity index (χ1v) is 5.17. The maximum atomic E-state index is 9.14. The molecule has 68 valence electrons. The van der Waals surface area contributed by atoms with Gasteiger partial charge in [0.1, 0.15) is 0 Å². The Hall–Kier alpha value is -0.0800. The summed E-state index contributed by atoms with van der Waals surface area (Å²) in [6.07, 6.45) is 5.79. The van der Waals surface area contributed by atoms with E-state index in [0.29, 0.717) is 12.6 Å². The molecule has 3 atom stereocenters. The van der Waals surface area contributed by atoms with Gasteiger partial charge >= 0.3 is 0 Å². The summed E-state index contributed by atoms with van der Waals surface area (Å²) in [7, 11) is 0. The molecule has 1 aliphatic heterocycles. The molecule has 0 aromatic heterocycles. The summed E-state index contributed by atoms with van der Waals surface area (Å²) in [6.45, 7) is 1.51. The average molecular weight is 167 g/mol. The standard InChI is InChI=1S/C10H17NO/c12-6-9-8-4-10(1-2-10)3-7(8)5-11-9/h7-9,11-12H,1-6H2/t7?,8-,9?/m0/s1. The Labute approximate surface area is 73.4 Å². The second-order valence-electron chi connectivity index (χ2n) is 5.03. The quantitative estimate of drug-likeness (QED) is 0.604. The molecule has 1 heterocycles. The van der Waals surface area contributed by atoms with Crippen LogP contribution in [0.3, 0.4) is 0 Å². The summed E-state index contributed by atoms with van der Waals surface area (Å²) in [5.74, 6) is 1.70. The van der Waals surface area contributed by atoms with Gasteiger partial charge in [-0.25, -0.2) is 0 Å². The van der Waals surface area contributed by atoms with Crippen molar-refractivity contribution >= 4 is 0 Å². The van der Waals surface area contributed by atoms with Crippen molar-refractivity contribution in [3.63, 3.8) is 0 Å². The maximum absolute atomic E-state index is 9.14. The molecule has 1 spiro atoms. The van der Waals surface area contributed by atoms with Gasteiger partial charge in [0.25, 0.3) is 0 Å². The van der Waals surface area contributed by atoms with Gasteiger partial charge in [-0.15, -0.1) is 0 Å². The zero-order valence-electron chi connectivity index (χ0n) is 7.42. The second kappa shape index (κ2) is 2.24. The molecule has 3 rings (SSSR count). The van der Waals surface area contributed by atoms with Gasteiger partial charge in [0.05, 0.1) is 6.61 Å². The Morgan fingerprint density at radius 3 is 2.83 bits per heavy atom. The van der Waals surface area contributed by atoms with Gasteiger partial charge in [-0.3, -0.25) is 0 Å². The number of nitrogens with one attached hydrogen (secondary N) is 1. The molecule has 2 nitrogen and oxygen atoms in total. The minimum Gasteiger partial charge on any atom is -0.395 e. The third kappa shape index (κ3) is 0.882. The van der Waals surface area contributed by atoms with Crippen LogP contribution in [-0.2, 0) is 0 Å². The van der Waals surface area contributed by atoms with Crippen molar-refractivity contribution in [2.45, 2.75) is 31.7 Å². The van der Waals surface area contributed by atoms with Crippen molar-refractivity contribution < 1.29 is 5.11 Å². The van der Waals surface area contributed by atoms with Crippen molar-refractivity contribution in [1.29, 1.82) is 0 Å². The van der Waals surface area contributed by atoms with Crippen molar-refractivity contribution in [3.8, 4) is 0 Å². The molecule has 3 aliphatic rings. The largest absolute Gasteiger partial charge is 0.395 e. The van der Waals surface area contributed by atoms with E-state index >= 15 is 0 Å². The minimum atomic E-state index is 0.344. The monoisotopic (exact) mass is 167 g/mol. The lowest BCUT2D eigenvalue weighted by Crippen LogP contribution is -2.31. The van der Waals surface area contributed by atoms with E-state index in [1.807, 2.05) is 0 Å². The molecule has 1 saturated heterocycles. The van der Waals surface area contributed by atoms with E-state index in [1.165, 1.54) is 25.7 Å². The zero-order valence-corrected chi connectivity index (χ0v) is 7.42. The third-order valence-electron chi connectivity index (χ3n) is 4.28. The van der Waals surface area contributed by atoms with Gasteiger partial charge < -0.3 is 10.4 Å². The first-order chi connectivity index (χ1) is 5.83. The highest BCUT2D eigenvalue weighted by Crippen LogP contribution is 2.62. The van der Waals surface area contributed by atoms with E-state index in [-0.39, 0.29) is 0 Å². The van der Waals surface area contributed by atoms with Crippen LogP contribution >= 0.6 is 0 Å². The molecular formula is C10H17NO. The van der Waals surface area contributed by atoms with E-state index in [2.05, 4.69) is 5.32 Å². The van der Waals surface area contributed by atoms with Gasteiger partial charge in [-0.05, 0) is 49.5 Å². The predicted octanol–water partition coefficient (Wildman–Crippen LogP) is 0.757. The zero-order chi connectivity index (χ0) is 8.18. The van der Waals surface area contributed by atoms with Crippen molar-refractivity contribution in [2.75, 3.05) is 13.2 Å². The summed E-state index contributed by atoms with van der Waals surface area (Å²) in [6, 6.07) is 0.426. The molecule has 2 heteroatoms. The SMILES string of the molecule is OCC1NCC2CC3(CC3)C[C@@H]21. The lowest BCUT2D eigenvalue weighted by atomic mass is 9.94. The molecule has 2 saturated carbocycles. The van der Waals surface area contributed by atoms with Gasteiger partial charge in [0.15, 0.2) is 0 Å². The van der Waals surface area contributed by atoms with Crippen LogP contribution in [0.5, 0.6) is 0 Å². The van der Waals surface area contributed by atoms with Crippen LogP contribution in [0.1, 0.15) is 25.7 Å². The molecule has 3 fully saturated rings. The number of hydrogen-bond donors (Lipinski definition) is 2. The normalized spacial score (nSPS) is 48.2. The Kier molecular flexibility index (Phi) is 1.37. The molecule has 2 unspecified atom stereocenters. The maximum Gasteiger partial charge on any atom is 0.0587 e. The third-order valence-corrected chi connectivity index (χ3v) is 4.28. The number of fused-ring (bicyclic) bond motifs is 1. The predicted molar refractivity (Wildman–Crippen MR) is 46.8 cm³/mol. The second-order valence-corrected chi connectivity index (χ2v) is 5.03. The number of rotatable bonds is 1. The van der Waals surface area contributed by atoms with Gasteiger partial charge in [0, 0.05) is 6.04 Å². The molecule has 0 aromatic rings. The molecule has 0 radical (unpaired) electrons. The molecule has 0 bridgehead atoms. The number of hydrogen-bond acceptors (Lipinski definition) is 2. The number of aliphatic hydroxyl groups is 1. The van der Waals surface area contributed by atoms with Gasteiger partial charge in [-0.1, -0.05) is 0 Å². The first-order valence-electron chi connectivity index (χ1n) is 5.17. The fourth-order valence-corrected chi connectivity index (χ4v) is 3.39. The Balaban J connectivity index is 1.76. The van der Waals surface area contributed by atoms with Crippen LogP contribution in [0.15, 0.2) is 0 Å². The molecule has 12 heavy (non-hydrogen) atoms. The molecule has 0 amide bonds. The van der Waals surface area contributed by atoms with E-state index in [9.17, 15) is 0 Å². The molecule has 2 N–H and O–H groups in total. The average Bonchev–Trinajstić information content (AvgIpc) is 2.52. The highest BCUT2D eigenvalue weighted by Gasteiger charge is 2.55. The molecular weight excluding hydrogens is 150 g/mol. The Morgan fingerprint density at radius 2 is 2.17 bits per heavy atom. The molecule has 0 aromatic carbocycles. The highest BCUT2D eigenvalue weighted by molar-refractivity contribution is 5.08. The lowest BCUT2D eigenvalue weighted by Gasteiger charge is -2.15. The minimum absolute atomic E-state index is 0.344. The lowest BCUT2D eigenvalue weighted by molar-refractivity contribution is 0.219. The van der Waals surface area contributed by atoms with E-state index < -0.39 is 0 Å². The van der Waals surface area contributed by atoms with E-state index in [4.69, 9.17) is 5.11 Å². The van der Waals surface area contributed by atoms with Crippen LogP contribution in [0, 0.1) is 17.3 Å². The Bertz CT molecular complexity index is 200. The van der Waals surface area contributed by atoms with Crippen LogP contribution in [0.25, 0.3) is 0 Å².